The van der Waals surface area contributed by atoms with E-state index in [0.29, 0.717) is 16.8 Å². The number of amides is 1. The molecule has 1 amide bonds. The molecule has 0 atom stereocenters. The van der Waals surface area contributed by atoms with E-state index in [1.165, 1.54) is 4.57 Å². The predicted molar refractivity (Wildman–Crippen MR) is 108 cm³/mol. The second-order valence-corrected chi connectivity index (χ2v) is 6.28. The molecule has 0 radical (unpaired) electrons. The number of hydrogen-bond acceptors (Lipinski definition) is 3. The highest BCUT2D eigenvalue weighted by Gasteiger charge is 2.14. The zero-order valence-electron chi connectivity index (χ0n) is 15.0. The summed E-state index contributed by atoms with van der Waals surface area (Å²) in [5.41, 5.74) is 2.80. The summed E-state index contributed by atoms with van der Waals surface area (Å²) >= 11 is 0. The van der Waals surface area contributed by atoms with E-state index < -0.39 is 6.09 Å². The molecule has 0 aliphatic carbocycles. The second-order valence-electron chi connectivity index (χ2n) is 6.28. The van der Waals surface area contributed by atoms with Crippen LogP contribution in [0.4, 0.5) is 10.5 Å². The average Bonchev–Trinajstić information content (AvgIpc) is 3.19. The van der Waals surface area contributed by atoms with Crippen LogP contribution in [-0.2, 0) is 11.3 Å². The number of aromatic nitrogens is 1. The molecule has 138 valence electrons. The van der Waals surface area contributed by atoms with Crippen molar-refractivity contribution >= 4 is 28.6 Å². The molecule has 28 heavy (non-hydrogen) atoms. The number of benzene rings is 3. The van der Waals surface area contributed by atoms with E-state index in [1.807, 2.05) is 60.7 Å². The Kier molecular flexibility index (Phi) is 4.89. The Hall–Kier alpha value is -3.86. The first-order chi connectivity index (χ1) is 13.7. The fourth-order valence-electron chi connectivity index (χ4n) is 3.01. The number of carbonyl (C=O) groups excluding carboxylic acids is 2. The molecule has 5 nitrogen and oxygen atoms in total. The summed E-state index contributed by atoms with van der Waals surface area (Å²) in [6.07, 6.45) is 1.18. The molecule has 0 saturated carbocycles. The molecule has 0 aliphatic heterocycles. The quantitative estimate of drug-likeness (QED) is 0.545. The normalized spacial score (nSPS) is 10.6. The molecule has 4 aromatic rings. The third kappa shape index (κ3) is 3.64. The first-order valence-corrected chi connectivity index (χ1v) is 8.90. The first-order valence-electron chi connectivity index (χ1n) is 8.90. The lowest BCUT2D eigenvalue weighted by atomic mass is 10.2. The standard InChI is InChI=1S/C23H18N2O3/c26-22(18-10-5-2-6-11-18)24-20-12-7-13-21-19(20)14-15-25(21)23(27)28-16-17-8-3-1-4-9-17/h1-15H,16H2,(H,24,26). The topological polar surface area (TPSA) is 60.3 Å². The van der Waals surface area contributed by atoms with Crippen molar-refractivity contribution in [1.29, 1.82) is 0 Å². The lowest BCUT2D eigenvalue weighted by Crippen LogP contribution is -2.13. The number of carbonyl (C=O) groups is 2. The summed E-state index contributed by atoms with van der Waals surface area (Å²) < 4.78 is 6.85. The Balaban J connectivity index is 1.54. The van der Waals surface area contributed by atoms with Crippen molar-refractivity contribution in [1.82, 2.24) is 4.57 Å². The van der Waals surface area contributed by atoms with Crippen LogP contribution in [0.3, 0.4) is 0 Å². The summed E-state index contributed by atoms with van der Waals surface area (Å²) in [5.74, 6) is -0.201. The summed E-state index contributed by atoms with van der Waals surface area (Å²) in [4.78, 5) is 24.9. The molecule has 1 N–H and O–H groups in total. The van der Waals surface area contributed by atoms with Gasteiger partial charge in [0, 0.05) is 17.1 Å². The molecule has 1 aromatic heterocycles. The van der Waals surface area contributed by atoms with Crippen LogP contribution in [0.1, 0.15) is 15.9 Å². The average molecular weight is 370 g/mol. The molecule has 0 spiro atoms. The third-order valence-corrected chi connectivity index (χ3v) is 4.42. The van der Waals surface area contributed by atoms with E-state index in [4.69, 9.17) is 4.74 Å². The van der Waals surface area contributed by atoms with Crippen LogP contribution < -0.4 is 5.32 Å². The molecule has 0 saturated heterocycles. The smallest absolute Gasteiger partial charge is 0.418 e. The summed E-state index contributed by atoms with van der Waals surface area (Å²) in [5, 5.41) is 3.67. The highest BCUT2D eigenvalue weighted by Crippen LogP contribution is 2.25. The summed E-state index contributed by atoms with van der Waals surface area (Å²) in [6, 6.07) is 25.7. The van der Waals surface area contributed by atoms with Crippen molar-refractivity contribution < 1.29 is 14.3 Å². The molecular weight excluding hydrogens is 352 g/mol. The van der Waals surface area contributed by atoms with Crippen LogP contribution in [-0.4, -0.2) is 16.6 Å². The van der Waals surface area contributed by atoms with Crippen molar-refractivity contribution in [2.45, 2.75) is 6.61 Å². The first kappa shape index (κ1) is 17.5. The molecule has 0 aliphatic rings. The predicted octanol–water partition coefficient (Wildman–Crippen LogP) is 5.08. The van der Waals surface area contributed by atoms with Crippen LogP contribution in [0, 0.1) is 0 Å². The lowest BCUT2D eigenvalue weighted by molar-refractivity contribution is 0.102. The van der Waals surface area contributed by atoms with E-state index in [9.17, 15) is 9.59 Å². The zero-order valence-corrected chi connectivity index (χ0v) is 15.0. The van der Waals surface area contributed by atoms with Gasteiger partial charge in [-0.15, -0.1) is 0 Å². The Morgan fingerprint density at radius 2 is 1.54 bits per heavy atom. The maximum Gasteiger partial charge on any atom is 0.418 e. The van der Waals surface area contributed by atoms with Crippen LogP contribution in [0.5, 0.6) is 0 Å². The summed E-state index contributed by atoms with van der Waals surface area (Å²) in [7, 11) is 0. The number of rotatable bonds is 4. The third-order valence-electron chi connectivity index (χ3n) is 4.42. The minimum atomic E-state index is -0.467. The van der Waals surface area contributed by atoms with Gasteiger partial charge < -0.3 is 10.1 Å². The van der Waals surface area contributed by atoms with Gasteiger partial charge in [0.25, 0.3) is 5.91 Å². The van der Waals surface area contributed by atoms with Crippen molar-refractivity contribution in [3.05, 3.63) is 102 Å². The van der Waals surface area contributed by atoms with Gasteiger partial charge >= 0.3 is 6.09 Å². The Labute approximate surface area is 162 Å². The number of fused-ring (bicyclic) bond motifs is 1. The molecule has 0 unspecified atom stereocenters. The van der Waals surface area contributed by atoms with Gasteiger partial charge in [-0.25, -0.2) is 4.79 Å². The van der Waals surface area contributed by atoms with Crippen molar-refractivity contribution in [2.24, 2.45) is 0 Å². The van der Waals surface area contributed by atoms with Crippen LogP contribution >= 0.6 is 0 Å². The highest BCUT2D eigenvalue weighted by atomic mass is 16.5. The second kappa shape index (κ2) is 7.80. The van der Waals surface area contributed by atoms with E-state index in [1.54, 1.807) is 30.5 Å². The Bertz CT molecular complexity index is 1120. The largest absolute Gasteiger partial charge is 0.444 e. The van der Waals surface area contributed by atoms with Gasteiger partial charge in [0.05, 0.1) is 11.2 Å². The fraction of sp³-hybridized carbons (Fsp3) is 0.0435. The molecule has 5 heteroatoms. The monoisotopic (exact) mass is 370 g/mol. The number of anilines is 1. The summed E-state index contributed by atoms with van der Waals surface area (Å²) in [6.45, 7) is 0.198. The number of nitrogens with zero attached hydrogens (tertiary/aromatic N) is 1. The van der Waals surface area contributed by atoms with Gasteiger partial charge in [-0.05, 0) is 35.9 Å². The number of ether oxygens (including phenoxy) is 1. The molecule has 0 fully saturated rings. The van der Waals surface area contributed by atoms with Gasteiger partial charge in [0.2, 0.25) is 0 Å². The van der Waals surface area contributed by atoms with Gasteiger partial charge in [0.1, 0.15) is 6.61 Å². The lowest BCUT2D eigenvalue weighted by Gasteiger charge is -2.09. The van der Waals surface area contributed by atoms with E-state index in [-0.39, 0.29) is 12.5 Å². The maximum atomic E-state index is 12.5. The zero-order chi connectivity index (χ0) is 19.3. The SMILES string of the molecule is O=C(Nc1cccc2c1ccn2C(=O)OCc1ccccc1)c1ccccc1. The van der Waals surface area contributed by atoms with E-state index >= 15 is 0 Å². The molecule has 1 heterocycles. The Morgan fingerprint density at radius 3 is 2.29 bits per heavy atom. The minimum Gasteiger partial charge on any atom is -0.444 e. The van der Waals surface area contributed by atoms with Gasteiger partial charge in [-0.3, -0.25) is 9.36 Å². The van der Waals surface area contributed by atoms with E-state index in [0.717, 1.165) is 10.9 Å². The molecule has 4 rings (SSSR count). The number of nitrogens with one attached hydrogen (secondary N) is 1. The molecule has 0 bridgehead atoms. The van der Waals surface area contributed by atoms with Crippen LogP contribution in [0.15, 0.2) is 91.1 Å². The van der Waals surface area contributed by atoms with Gasteiger partial charge in [-0.1, -0.05) is 54.6 Å². The molecule has 3 aromatic carbocycles. The van der Waals surface area contributed by atoms with Crippen molar-refractivity contribution in [3.63, 3.8) is 0 Å². The minimum absolute atomic E-state index is 0.198. The van der Waals surface area contributed by atoms with Crippen molar-refractivity contribution in [2.75, 3.05) is 5.32 Å². The Morgan fingerprint density at radius 1 is 0.821 bits per heavy atom. The van der Waals surface area contributed by atoms with Crippen LogP contribution in [0.2, 0.25) is 0 Å². The fourth-order valence-corrected chi connectivity index (χ4v) is 3.01. The van der Waals surface area contributed by atoms with Gasteiger partial charge in [0.15, 0.2) is 0 Å². The maximum absolute atomic E-state index is 12.5. The van der Waals surface area contributed by atoms with Gasteiger partial charge in [-0.2, -0.15) is 0 Å². The van der Waals surface area contributed by atoms with Crippen LogP contribution in [0.25, 0.3) is 10.9 Å². The van der Waals surface area contributed by atoms with Crippen molar-refractivity contribution in [3.8, 4) is 0 Å². The highest BCUT2D eigenvalue weighted by molar-refractivity contribution is 6.09. The van der Waals surface area contributed by atoms with E-state index in [2.05, 4.69) is 5.32 Å². The molecular formula is C23H18N2O3. The number of hydrogen-bond donors (Lipinski definition) is 1.